The summed E-state index contributed by atoms with van der Waals surface area (Å²) in [4.78, 5) is 10.8. The number of hydrogen-bond acceptors (Lipinski definition) is 1. The molecule has 0 saturated heterocycles. The molecule has 0 saturated carbocycles. The summed E-state index contributed by atoms with van der Waals surface area (Å²) in [5.74, 6) is 1.65. The first-order chi connectivity index (χ1) is 6.37. The van der Waals surface area contributed by atoms with Crippen molar-refractivity contribution in [2.24, 2.45) is 0 Å². The second kappa shape index (κ2) is 5.28. The summed E-state index contributed by atoms with van der Waals surface area (Å²) in [7, 11) is 0. The Balaban J connectivity index is 4.60. The Morgan fingerprint density at radius 3 is 2.43 bits per heavy atom. The maximum atomic E-state index is 11.8. The van der Waals surface area contributed by atoms with Crippen LogP contribution in [0, 0.1) is 12.3 Å². The van der Waals surface area contributed by atoms with Crippen LogP contribution in [0.4, 0.5) is 13.2 Å². The van der Waals surface area contributed by atoms with Crippen LogP contribution in [-0.4, -0.2) is 12.0 Å². The van der Waals surface area contributed by atoms with E-state index in [9.17, 15) is 18.0 Å². The first-order valence-electron chi connectivity index (χ1n) is 3.77. The molecule has 0 aliphatic carbocycles. The zero-order chi connectivity index (χ0) is 11.2. The van der Waals surface area contributed by atoms with Crippen LogP contribution in [0.5, 0.6) is 0 Å². The van der Waals surface area contributed by atoms with Crippen molar-refractivity contribution in [2.75, 3.05) is 0 Å². The molecule has 1 nitrogen and oxygen atoms in total. The molecule has 0 aromatic carbocycles. The molecule has 0 rings (SSSR count). The summed E-state index contributed by atoms with van der Waals surface area (Å²) in [6, 6.07) is 0. The van der Waals surface area contributed by atoms with E-state index in [4.69, 9.17) is 6.42 Å². The highest BCUT2D eigenvalue weighted by molar-refractivity contribution is 5.96. The van der Waals surface area contributed by atoms with E-state index >= 15 is 0 Å². The van der Waals surface area contributed by atoms with Crippen molar-refractivity contribution in [3.05, 3.63) is 23.8 Å². The molecule has 0 fully saturated rings. The summed E-state index contributed by atoms with van der Waals surface area (Å²) in [5.41, 5.74) is -0.0275. The number of alkyl halides is 3. The van der Waals surface area contributed by atoms with Crippen LogP contribution in [0.2, 0.25) is 0 Å². The summed E-state index contributed by atoms with van der Waals surface area (Å²) in [6.45, 7) is 1.18. The molecule has 0 radical (unpaired) electrons. The third-order valence-electron chi connectivity index (χ3n) is 1.32. The number of carbonyl (C=O) groups is 1. The molecule has 0 aromatic heterocycles. The van der Waals surface area contributed by atoms with Crippen LogP contribution < -0.4 is 0 Å². The van der Waals surface area contributed by atoms with Gasteiger partial charge in [0.15, 0.2) is 5.78 Å². The number of halogens is 3. The van der Waals surface area contributed by atoms with Gasteiger partial charge in [0.25, 0.3) is 0 Å². The minimum Gasteiger partial charge on any atom is -0.295 e. The van der Waals surface area contributed by atoms with Gasteiger partial charge in [0.2, 0.25) is 0 Å². The predicted octanol–water partition coefficient (Wildman–Crippen LogP) is 2.64. The van der Waals surface area contributed by atoms with Gasteiger partial charge in [0.1, 0.15) is 0 Å². The van der Waals surface area contributed by atoms with Gasteiger partial charge in [-0.25, -0.2) is 0 Å². The topological polar surface area (TPSA) is 17.1 Å². The lowest BCUT2D eigenvalue weighted by Crippen LogP contribution is -2.06. The van der Waals surface area contributed by atoms with Gasteiger partial charge in [-0.3, -0.25) is 4.79 Å². The van der Waals surface area contributed by atoms with E-state index in [0.29, 0.717) is 0 Å². The Labute approximate surface area is 80.3 Å². The summed E-state index contributed by atoms with van der Waals surface area (Å²) < 4.78 is 35.3. The Morgan fingerprint density at radius 1 is 1.50 bits per heavy atom. The zero-order valence-corrected chi connectivity index (χ0v) is 7.56. The maximum absolute atomic E-state index is 11.8. The second-order valence-corrected chi connectivity index (χ2v) is 2.53. The monoisotopic (exact) mass is 202 g/mol. The fourth-order valence-corrected chi connectivity index (χ4v) is 0.693. The SMILES string of the molecule is C#C/C=C\C(=C/CC(F)(F)F)C(C)=O. The van der Waals surface area contributed by atoms with Crippen molar-refractivity contribution < 1.29 is 18.0 Å². The Hall–Kier alpha value is -1.50. The second-order valence-electron chi connectivity index (χ2n) is 2.53. The van der Waals surface area contributed by atoms with Crippen molar-refractivity contribution in [3.63, 3.8) is 0 Å². The summed E-state index contributed by atoms with van der Waals surface area (Å²) >= 11 is 0. The average molecular weight is 202 g/mol. The normalized spacial score (nSPS) is 12.9. The standard InChI is InChI=1S/C10H9F3O/c1-3-4-5-9(8(2)14)6-7-10(11,12)13/h1,4-6H,7H2,2H3/b5-4-,9-6+. The highest BCUT2D eigenvalue weighted by atomic mass is 19.4. The van der Waals surface area contributed by atoms with E-state index in [2.05, 4.69) is 5.92 Å². The largest absolute Gasteiger partial charge is 0.392 e. The highest BCUT2D eigenvalue weighted by Crippen LogP contribution is 2.21. The van der Waals surface area contributed by atoms with E-state index < -0.39 is 18.4 Å². The lowest BCUT2D eigenvalue weighted by atomic mass is 10.1. The third-order valence-corrected chi connectivity index (χ3v) is 1.32. The van der Waals surface area contributed by atoms with Crippen LogP contribution in [0.25, 0.3) is 0 Å². The van der Waals surface area contributed by atoms with Crippen molar-refractivity contribution >= 4 is 5.78 Å². The Kier molecular flexibility index (Phi) is 4.71. The highest BCUT2D eigenvalue weighted by Gasteiger charge is 2.25. The van der Waals surface area contributed by atoms with Gasteiger partial charge in [-0.2, -0.15) is 13.2 Å². The Morgan fingerprint density at radius 2 is 2.07 bits per heavy atom. The number of Topliss-reactive ketones (excluding diaryl/α,β-unsaturated/α-hetero) is 1. The molecule has 14 heavy (non-hydrogen) atoms. The van der Waals surface area contributed by atoms with E-state index in [1.54, 1.807) is 0 Å². The van der Waals surface area contributed by atoms with Crippen LogP contribution >= 0.6 is 0 Å². The molecule has 0 aliphatic rings. The molecule has 0 aliphatic heterocycles. The van der Waals surface area contributed by atoms with Crippen molar-refractivity contribution in [2.45, 2.75) is 19.5 Å². The van der Waals surface area contributed by atoms with E-state index in [1.807, 2.05) is 0 Å². The Bertz CT molecular complexity index is 302. The summed E-state index contributed by atoms with van der Waals surface area (Å²) in [5, 5.41) is 0. The fraction of sp³-hybridized carbons (Fsp3) is 0.300. The van der Waals surface area contributed by atoms with Crippen LogP contribution in [0.3, 0.4) is 0 Å². The lowest BCUT2D eigenvalue weighted by molar-refractivity contribution is -0.125. The minimum absolute atomic E-state index is 0.0275. The fourth-order valence-electron chi connectivity index (χ4n) is 0.693. The molecule has 0 unspecified atom stereocenters. The van der Waals surface area contributed by atoms with E-state index in [0.717, 1.165) is 6.08 Å². The molecular formula is C10H9F3O. The molecule has 0 aromatic rings. The number of allylic oxidation sites excluding steroid dienone is 4. The van der Waals surface area contributed by atoms with Gasteiger partial charge in [-0.05, 0) is 19.1 Å². The van der Waals surface area contributed by atoms with Crippen LogP contribution in [0.15, 0.2) is 23.8 Å². The summed E-state index contributed by atoms with van der Waals surface area (Å²) in [6.07, 6.45) is 2.62. The minimum atomic E-state index is -4.30. The number of carbonyl (C=O) groups excluding carboxylic acids is 1. The molecule has 0 N–H and O–H groups in total. The molecule has 0 spiro atoms. The first kappa shape index (κ1) is 12.5. The molecular weight excluding hydrogens is 193 g/mol. The van der Waals surface area contributed by atoms with Gasteiger partial charge in [0, 0.05) is 5.57 Å². The smallest absolute Gasteiger partial charge is 0.295 e. The van der Waals surface area contributed by atoms with Crippen molar-refractivity contribution in [1.82, 2.24) is 0 Å². The molecule has 0 heterocycles. The molecule has 4 heteroatoms. The zero-order valence-electron chi connectivity index (χ0n) is 7.56. The number of ketones is 1. The van der Waals surface area contributed by atoms with Gasteiger partial charge in [-0.15, -0.1) is 6.42 Å². The quantitative estimate of drug-likeness (QED) is 0.390. The average Bonchev–Trinajstić information content (AvgIpc) is 2.01. The predicted molar refractivity (Wildman–Crippen MR) is 47.4 cm³/mol. The van der Waals surface area contributed by atoms with Crippen LogP contribution in [-0.2, 0) is 4.79 Å². The molecule has 0 atom stereocenters. The van der Waals surface area contributed by atoms with Gasteiger partial charge in [-0.1, -0.05) is 12.0 Å². The van der Waals surface area contributed by atoms with Gasteiger partial charge in [0.05, 0.1) is 6.42 Å². The van der Waals surface area contributed by atoms with E-state index in [-0.39, 0.29) is 5.57 Å². The number of terminal acetylenes is 1. The number of hydrogen-bond donors (Lipinski definition) is 0. The number of rotatable bonds is 3. The third kappa shape index (κ3) is 6.06. The first-order valence-corrected chi connectivity index (χ1v) is 3.77. The van der Waals surface area contributed by atoms with Crippen LogP contribution in [0.1, 0.15) is 13.3 Å². The molecule has 0 amide bonds. The maximum Gasteiger partial charge on any atom is 0.392 e. The van der Waals surface area contributed by atoms with Gasteiger partial charge < -0.3 is 0 Å². The van der Waals surface area contributed by atoms with Gasteiger partial charge >= 0.3 is 6.18 Å². The molecule has 76 valence electrons. The van der Waals surface area contributed by atoms with E-state index in [1.165, 1.54) is 19.1 Å². The molecule has 0 bridgehead atoms. The van der Waals surface area contributed by atoms with Crippen molar-refractivity contribution in [1.29, 1.82) is 0 Å². The van der Waals surface area contributed by atoms with Crippen molar-refractivity contribution in [3.8, 4) is 12.3 Å². The lowest BCUT2D eigenvalue weighted by Gasteiger charge is -2.02.